The fourth-order valence-corrected chi connectivity index (χ4v) is 3.26. The van der Waals surface area contributed by atoms with Crippen LogP contribution in [0.3, 0.4) is 0 Å². The van der Waals surface area contributed by atoms with Crippen LogP contribution in [0.15, 0.2) is 36.7 Å². The molecule has 2 aromatic rings. The number of aromatic nitrogens is 1. The summed E-state index contributed by atoms with van der Waals surface area (Å²) < 4.78 is 0.678. The summed E-state index contributed by atoms with van der Waals surface area (Å²) in [5.41, 5.74) is 0.474. The Labute approximate surface area is 150 Å². The lowest BCUT2D eigenvalue weighted by atomic mass is 10.0. The number of hydrogen-bond acceptors (Lipinski definition) is 4. The summed E-state index contributed by atoms with van der Waals surface area (Å²) in [6.45, 7) is 5.68. The third kappa shape index (κ3) is 4.79. The largest absolute Gasteiger partial charge is 0.347 e. The zero-order valence-corrected chi connectivity index (χ0v) is 15.3. The standard InChI is InChI=1S/C17H20ClN3O2S/c1-10(2)15(21-16(22)12-6-8-19-9-7-12)17(23)20-11(3)13-4-5-14(18)24-13/h4-11,15H,1-3H3,(H,20,23)(H,21,22)/t11-,15+/m1/s1. The van der Waals surface area contributed by atoms with E-state index in [1.54, 1.807) is 30.6 Å². The van der Waals surface area contributed by atoms with Gasteiger partial charge in [0.25, 0.3) is 5.91 Å². The molecule has 0 aliphatic carbocycles. The highest BCUT2D eigenvalue weighted by molar-refractivity contribution is 7.16. The number of nitrogens with zero attached hydrogens (tertiary/aromatic N) is 1. The van der Waals surface area contributed by atoms with Crippen LogP contribution in [0, 0.1) is 5.92 Å². The van der Waals surface area contributed by atoms with Gasteiger partial charge in [0.05, 0.1) is 10.4 Å². The van der Waals surface area contributed by atoms with Crippen LogP contribution in [-0.4, -0.2) is 22.8 Å². The summed E-state index contributed by atoms with van der Waals surface area (Å²) in [7, 11) is 0. The minimum Gasteiger partial charge on any atom is -0.347 e. The maximum absolute atomic E-state index is 12.6. The molecule has 2 heterocycles. The van der Waals surface area contributed by atoms with Gasteiger partial charge in [-0.05, 0) is 37.1 Å². The third-order valence-corrected chi connectivity index (χ3v) is 4.97. The molecule has 0 aliphatic heterocycles. The third-order valence-electron chi connectivity index (χ3n) is 3.56. The van der Waals surface area contributed by atoms with Crippen LogP contribution < -0.4 is 10.6 Å². The number of rotatable bonds is 6. The van der Waals surface area contributed by atoms with Crippen molar-refractivity contribution in [3.63, 3.8) is 0 Å². The molecule has 5 nitrogen and oxygen atoms in total. The van der Waals surface area contributed by atoms with Crippen LogP contribution in [-0.2, 0) is 4.79 Å². The first kappa shape index (κ1) is 18.4. The summed E-state index contributed by atoms with van der Waals surface area (Å²) in [4.78, 5) is 29.7. The lowest BCUT2D eigenvalue weighted by Gasteiger charge is -2.23. The fraction of sp³-hybridized carbons (Fsp3) is 0.353. The van der Waals surface area contributed by atoms with E-state index in [0.717, 1.165) is 4.88 Å². The Morgan fingerprint density at radius 3 is 2.29 bits per heavy atom. The molecule has 0 aliphatic rings. The minimum atomic E-state index is -0.622. The van der Waals surface area contributed by atoms with Crippen LogP contribution in [0.5, 0.6) is 0 Å². The molecule has 2 atom stereocenters. The summed E-state index contributed by atoms with van der Waals surface area (Å²) >= 11 is 7.36. The molecule has 128 valence electrons. The highest BCUT2D eigenvalue weighted by Crippen LogP contribution is 2.26. The van der Waals surface area contributed by atoms with Gasteiger partial charge in [0.15, 0.2) is 0 Å². The number of nitrogens with one attached hydrogen (secondary N) is 2. The van der Waals surface area contributed by atoms with Gasteiger partial charge in [-0.2, -0.15) is 0 Å². The van der Waals surface area contributed by atoms with Crippen molar-refractivity contribution >= 4 is 34.8 Å². The minimum absolute atomic E-state index is 0.0464. The Balaban J connectivity index is 2.04. The average molecular weight is 366 g/mol. The molecule has 0 radical (unpaired) electrons. The van der Waals surface area contributed by atoms with Crippen LogP contribution >= 0.6 is 22.9 Å². The van der Waals surface area contributed by atoms with Gasteiger partial charge in [-0.1, -0.05) is 25.4 Å². The Hall–Kier alpha value is -1.92. The normalized spacial score (nSPS) is 13.4. The van der Waals surface area contributed by atoms with E-state index >= 15 is 0 Å². The number of carbonyl (C=O) groups excluding carboxylic acids is 2. The van der Waals surface area contributed by atoms with Gasteiger partial charge in [0, 0.05) is 22.8 Å². The van der Waals surface area contributed by atoms with Crippen LogP contribution in [0.25, 0.3) is 0 Å². The molecule has 0 saturated carbocycles. The second-order valence-corrected chi connectivity index (χ2v) is 7.55. The first-order valence-corrected chi connectivity index (χ1v) is 8.84. The van der Waals surface area contributed by atoms with E-state index in [0.29, 0.717) is 9.90 Å². The van der Waals surface area contributed by atoms with Gasteiger partial charge in [-0.3, -0.25) is 14.6 Å². The smallest absolute Gasteiger partial charge is 0.252 e. The number of carbonyl (C=O) groups is 2. The maximum atomic E-state index is 12.6. The molecule has 0 fully saturated rings. The van der Waals surface area contributed by atoms with Crippen molar-refractivity contribution in [3.8, 4) is 0 Å². The SMILES string of the molecule is CC(C)[C@H](NC(=O)c1ccncc1)C(=O)N[C@H](C)c1ccc(Cl)s1. The second-order valence-electron chi connectivity index (χ2n) is 5.80. The Morgan fingerprint density at radius 1 is 1.08 bits per heavy atom. The van der Waals surface area contributed by atoms with E-state index in [-0.39, 0.29) is 23.8 Å². The number of thiophene rings is 1. The monoisotopic (exact) mass is 365 g/mol. The molecule has 0 saturated heterocycles. The molecule has 0 bridgehead atoms. The molecule has 0 spiro atoms. The lowest BCUT2D eigenvalue weighted by molar-refractivity contribution is -0.124. The Bertz CT molecular complexity index is 703. The summed E-state index contributed by atoms with van der Waals surface area (Å²) in [5.74, 6) is -0.558. The molecule has 7 heteroatoms. The summed E-state index contributed by atoms with van der Waals surface area (Å²) in [6, 6.07) is 6.12. The average Bonchev–Trinajstić information content (AvgIpc) is 2.99. The van der Waals surface area contributed by atoms with Crippen molar-refractivity contribution in [1.82, 2.24) is 15.6 Å². The predicted molar refractivity (Wildman–Crippen MR) is 96.2 cm³/mol. The van der Waals surface area contributed by atoms with Crippen LogP contribution in [0.2, 0.25) is 4.34 Å². The van der Waals surface area contributed by atoms with E-state index in [4.69, 9.17) is 11.6 Å². The second kappa shape index (κ2) is 8.26. The van der Waals surface area contributed by atoms with E-state index in [2.05, 4.69) is 15.6 Å². The van der Waals surface area contributed by atoms with Gasteiger partial charge >= 0.3 is 0 Å². The summed E-state index contributed by atoms with van der Waals surface area (Å²) in [5, 5.41) is 5.73. The molecule has 0 aromatic carbocycles. The van der Waals surface area contributed by atoms with Crippen molar-refractivity contribution < 1.29 is 9.59 Å². The number of hydrogen-bond donors (Lipinski definition) is 2. The zero-order valence-electron chi connectivity index (χ0n) is 13.7. The molecular formula is C17H20ClN3O2S. The van der Waals surface area contributed by atoms with Gasteiger partial charge in [-0.15, -0.1) is 11.3 Å². The van der Waals surface area contributed by atoms with E-state index in [1.807, 2.05) is 26.8 Å². The number of pyridine rings is 1. The van der Waals surface area contributed by atoms with Crippen molar-refractivity contribution in [2.24, 2.45) is 5.92 Å². The van der Waals surface area contributed by atoms with Crippen molar-refractivity contribution in [2.75, 3.05) is 0 Å². The quantitative estimate of drug-likeness (QED) is 0.823. The maximum Gasteiger partial charge on any atom is 0.252 e. The molecule has 2 rings (SSSR count). The van der Waals surface area contributed by atoms with Crippen molar-refractivity contribution in [1.29, 1.82) is 0 Å². The lowest BCUT2D eigenvalue weighted by Crippen LogP contribution is -2.50. The highest BCUT2D eigenvalue weighted by Gasteiger charge is 2.26. The Kier molecular flexibility index (Phi) is 6.34. The summed E-state index contributed by atoms with van der Waals surface area (Å²) in [6.07, 6.45) is 3.09. The molecule has 2 aromatic heterocycles. The van der Waals surface area contributed by atoms with E-state index < -0.39 is 6.04 Å². The number of amides is 2. The highest BCUT2D eigenvalue weighted by atomic mass is 35.5. The molecule has 0 unspecified atom stereocenters. The van der Waals surface area contributed by atoms with E-state index in [9.17, 15) is 9.59 Å². The number of halogens is 1. The zero-order chi connectivity index (χ0) is 17.7. The fourth-order valence-electron chi connectivity index (χ4n) is 2.20. The van der Waals surface area contributed by atoms with E-state index in [1.165, 1.54) is 11.3 Å². The molecular weight excluding hydrogens is 346 g/mol. The van der Waals surface area contributed by atoms with Gasteiger partial charge in [-0.25, -0.2) is 0 Å². The van der Waals surface area contributed by atoms with Gasteiger partial charge in [0.2, 0.25) is 5.91 Å². The van der Waals surface area contributed by atoms with Gasteiger partial charge < -0.3 is 10.6 Å². The predicted octanol–water partition coefficient (Wildman–Crippen LogP) is 3.43. The van der Waals surface area contributed by atoms with Crippen molar-refractivity contribution in [2.45, 2.75) is 32.9 Å². The van der Waals surface area contributed by atoms with Crippen LogP contribution in [0.4, 0.5) is 0 Å². The molecule has 24 heavy (non-hydrogen) atoms. The van der Waals surface area contributed by atoms with Crippen molar-refractivity contribution in [3.05, 3.63) is 51.4 Å². The molecule has 2 N–H and O–H groups in total. The molecule has 2 amide bonds. The van der Waals surface area contributed by atoms with Gasteiger partial charge in [0.1, 0.15) is 6.04 Å². The first-order chi connectivity index (χ1) is 11.4. The topological polar surface area (TPSA) is 71.1 Å². The Morgan fingerprint density at radius 2 is 1.75 bits per heavy atom. The first-order valence-electron chi connectivity index (χ1n) is 7.65. The van der Waals surface area contributed by atoms with Crippen LogP contribution in [0.1, 0.15) is 42.0 Å².